The van der Waals surface area contributed by atoms with Gasteiger partial charge in [-0.1, -0.05) is 17.7 Å². The molecular weight excluding hydrogens is 346 g/mol. The van der Waals surface area contributed by atoms with Crippen LogP contribution < -0.4 is 10.1 Å². The number of anilines is 1. The maximum absolute atomic E-state index is 12.9. The molecule has 130 valence electrons. The van der Waals surface area contributed by atoms with Gasteiger partial charge in [0.2, 0.25) is 17.7 Å². The first-order valence-electron chi connectivity index (χ1n) is 7.22. The van der Waals surface area contributed by atoms with Crippen LogP contribution in [0.15, 0.2) is 35.5 Å². The minimum absolute atomic E-state index is 0.0103. The Morgan fingerprint density at radius 1 is 1.20 bits per heavy atom. The Labute approximate surface area is 143 Å². The zero-order valence-electron chi connectivity index (χ0n) is 13.7. The summed E-state index contributed by atoms with van der Waals surface area (Å²) < 4.78 is 31.8. The second-order valence-corrected chi connectivity index (χ2v) is 7.08. The Hall–Kier alpha value is -3.01. The van der Waals surface area contributed by atoms with E-state index in [0.717, 1.165) is 15.9 Å². The number of hydrogen-bond donors (Lipinski definition) is 1. The molecule has 0 aliphatic carbocycles. The van der Waals surface area contributed by atoms with Crippen LogP contribution in [0, 0.1) is 6.92 Å². The van der Waals surface area contributed by atoms with Crippen LogP contribution in [0.2, 0.25) is 0 Å². The number of nitrogens with one attached hydrogen (secondary N) is 1. The van der Waals surface area contributed by atoms with Crippen LogP contribution in [0.3, 0.4) is 0 Å². The Balaban J connectivity index is 2.22. The topological polar surface area (TPSA) is 116 Å². The molecule has 0 bridgehead atoms. The number of nitrogens with zero attached hydrogens (tertiary/aromatic N) is 4. The highest BCUT2D eigenvalue weighted by molar-refractivity contribution is 7.90. The zero-order valence-corrected chi connectivity index (χ0v) is 14.5. The number of ether oxygens (including phenoxy) is 1. The molecule has 0 atom stereocenters. The molecule has 0 saturated heterocycles. The lowest BCUT2D eigenvalue weighted by Crippen LogP contribution is -2.14. The third-order valence-electron chi connectivity index (χ3n) is 3.39. The van der Waals surface area contributed by atoms with Gasteiger partial charge in [-0.05, 0) is 19.1 Å². The average Bonchev–Trinajstić information content (AvgIpc) is 2.98. The lowest BCUT2D eigenvalue weighted by atomic mass is 10.2. The van der Waals surface area contributed by atoms with E-state index in [1.165, 1.54) is 26.2 Å². The molecule has 3 aromatic rings. The molecule has 25 heavy (non-hydrogen) atoms. The van der Waals surface area contributed by atoms with E-state index >= 15 is 0 Å². The van der Waals surface area contributed by atoms with Crippen LogP contribution in [0.25, 0.3) is 11.2 Å². The van der Waals surface area contributed by atoms with Gasteiger partial charge in [0.15, 0.2) is 11.2 Å². The van der Waals surface area contributed by atoms with E-state index < -0.39 is 15.9 Å². The summed E-state index contributed by atoms with van der Waals surface area (Å²) >= 11 is 0. The van der Waals surface area contributed by atoms with Gasteiger partial charge in [0, 0.05) is 6.92 Å². The molecule has 3 rings (SSSR count). The Morgan fingerprint density at radius 3 is 2.48 bits per heavy atom. The second kappa shape index (κ2) is 6.13. The quantitative estimate of drug-likeness (QED) is 0.745. The van der Waals surface area contributed by atoms with Crippen LogP contribution in [0.4, 0.5) is 5.95 Å². The molecule has 0 fully saturated rings. The number of aryl methyl sites for hydroxylation is 1. The van der Waals surface area contributed by atoms with Gasteiger partial charge < -0.3 is 4.74 Å². The maximum Gasteiger partial charge on any atom is 0.270 e. The predicted octanol–water partition coefficient (Wildman–Crippen LogP) is 1.34. The number of carbonyl (C=O) groups is 1. The first-order chi connectivity index (χ1) is 11.8. The average molecular weight is 361 g/mol. The van der Waals surface area contributed by atoms with Crippen molar-refractivity contribution in [3.63, 3.8) is 0 Å². The summed E-state index contributed by atoms with van der Waals surface area (Å²) in [6, 6.07) is 6.40. The van der Waals surface area contributed by atoms with Gasteiger partial charge in [-0.25, -0.2) is 17.4 Å². The Morgan fingerprint density at radius 2 is 1.88 bits per heavy atom. The normalized spacial score (nSPS) is 11.5. The second-order valence-electron chi connectivity index (χ2n) is 5.27. The van der Waals surface area contributed by atoms with E-state index in [1.54, 1.807) is 12.1 Å². The summed E-state index contributed by atoms with van der Waals surface area (Å²) in [5.41, 5.74) is 1.12. The summed E-state index contributed by atoms with van der Waals surface area (Å²) in [6.45, 7) is 3.15. The summed E-state index contributed by atoms with van der Waals surface area (Å²) in [5.74, 6) is -0.404. The van der Waals surface area contributed by atoms with Crippen molar-refractivity contribution in [3.8, 4) is 5.88 Å². The highest BCUT2D eigenvalue weighted by atomic mass is 32.2. The van der Waals surface area contributed by atoms with Crippen molar-refractivity contribution in [1.29, 1.82) is 0 Å². The van der Waals surface area contributed by atoms with Gasteiger partial charge in [0.05, 0.1) is 12.0 Å². The van der Waals surface area contributed by atoms with E-state index in [1.807, 2.05) is 6.92 Å². The highest BCUT2D eigenvalue weighted by Gasteiger charge is 2.23. The monoisotopic (exact) mass is 361 g/mol. The molecule has 2 aromatic heterocycles. The highest BCUT2D eigenvalue weighted by Crippen LogP contribution is 2.25. The van der Waals surface area contributed by atoms with Gasteiger partial charge in [-0.15, -0.1) is 0 Å². The number of carbonyl (C=O) groups excluding carboxylic acids is 1. The number of aromatic nitrogens is 4. The van der Waals surface area contributed by atoms with Crippen molar-refractivity contribution < 1.29 is 17.9 Å². The van der Waals surface area contributed by atoms with E-state index in [-0.39, 0.29) is 27.9 Å². The zero-order chi connectivity index (χ0) is 18.2. The summed E-state index contributed by atoms with van der Waals surface area (Å²) in [5, 5.41) is 2.41. The summed E-state index contributed by atoms with van der Waals surface area (Å²) in [4.78, 5) is 23.5. The molecule has 0 saturated carbocycles. The summed E-state index contributed by atoms with van der Waals surface area (Å²) in [6.07, 6.45) is 1.13. The molecule has 1 amide bonds. The molecule has 1 aromatic carbocycles. The Kier molecular flexibility index (Phi) is 4.13. The van der Waals surface area contributed by atoms with Gasteiger partial charge in [0.25, 0.3) is 10.0 Å². The predicted molar refractivity (Wildman–Crippen MR) is 89.9 cm³/mol. The molecule has 0 aliphatic rings. The maximum atomic E-state index is 12.9. The smallest absolute Gasteiger partial charge is 0.270 e. The first-order valence-corrected chi connectivity index (χ1v) is 8.66. The van der Waals surface area contributed by atoms with Crippen molar-refractivity contribution in [3.05, 3.63) is 36.2 Å². The van der Waals surface area contributed by atoms with Gasteiger partial charge in [-0.2, -0.15) is 9.97 Å². The van der Waals surface area contributed by atoms with E-state index in [0.29, 0.717) is 0 Å². The SMILES string of the molecule is COc1nc(NC(C)=O)nc2c1ncn2S(=O)(=O)c1ccc(C)cc1. The fourth-order valence-corrected chi connectivity index (χ4v) is 3.44. The van der Waals surface area contributed by atoms with E-state index in [9.17, 15) is 13.2 Å². The molecule has 10 heteroatoms. The van der Waals surface area contributed by atoms with Gasteiger partial charge in [0.1, 0.15) is 6.33 Å². The molecule has 2 heterocycles. The molecular formula is C15H15N5O4S. The molecule has 9 nitrogen and oxygen atoms in total. The molecule has 0 unspecified atom stereocenters. The van der Waals surface area contributed by atoms with Crippen LogP contribution in [0.5, 0.6) is 5.88 Å². The van der Waals surface area contributed by atoms with Gasteiger partial charge in [-0.3, -0.25) is 10.1 Å². The van der Waals surface area contributed by atoms with Crippen LogP contribution >= 0.6 is 0 Å². The van der Waals surface area contributed by atoms with Crippen LogP contribution in [0.1, 0.15) is 12.5 Å². The number of imidazole rings is 1. The molecule has 1 N–H and O–H groups in total. The standard InChI is InChI=1S/C15H15N5O4S/c1-9-4-6-11(7-5-9)25(22,23)20-8-16-12-13(20)18-15(17-10(2)21)19-14(12)24-3/h4-8H,1-3H3,(H,17,18,19,21). The minimum Gasteiger partial charge on any atom is -0.479 e. The minimum atomic E-state index is -3.91. The lowest BCUT2D eigenvalue weighted by Gasteiger charge is -2.08. The number of amides is 1. The van der Waals surface area contributed by atoms with Crippen molar-refractivity contribution in [2.45, 2.75) is 18.7 Å². The molecule has 0 spiro atoms. The largest absolute Gasteiger partial charge is 0.479 e. The fourth-order valence-electron chi connectivity index (χ4n) is 2.21. The van der Waals surface area contributed by atoms with Crippen molar-refractivity contribution in [2.24, 2.45) is 0 Å². The van der Waals surface area contributed by atoms with Crippen LogP contribution in [-0.4, -0.2) is 40.4 Å². The number of methoxy groups -OCH3 is 1. The van der Waals surface area contributed by atoms with E-state index in [4.69, 9.17) is 4.74 Å². The Bertz CT molecular complexity index is 1060. The van der Waals surface area contributed by atoms with Crippen molar-refractivity contribution in [2.75, 3.05) is 12.4 Å². The first kappa shape index (κ1) is 16.8. The lowest BCUT2D eigenvalue weighted by molar-refractivity contribution is -0.114. The summed E-state index contributed by atoms with van der Waals surface area (Å²) in [7, 11) is -2.55. The number of benzene rings is 1. The number of rotatable bonds is 4. The fraction of sp³-hybridized carbons (Fsp3) is 0.200. The van der Waals surface area contributed by atoms with Crippen molar-refractivity contribution in [1.82, 2.24) is 18.9 Å². The van der Waals surface area contributed by atoms with E-state index in [2.05, 4.69) is 20.3 Å². The molecule has 0 aliphatic heterocycles. The van der Waals surface area contributed by atoms with Crippen molar-refractivity contribution >= 4 is 33.0 Å². The van der Waals surface area contributed by atoms with Crippen LogP contribution in [-0.2, 0) is 14.8 Å². The van der Waals surface area contributed by atoms with Gasteiger partial charge >= 0.3 is 0 Å². The number of fused-ring (bicyclic) bond motifs is 1. The third kappa shape index (κ3) is 3.03. The molecule has 0 radical (unpaired) electrons. The third-order valence-corrected chi connectivity index (χ3v) is 5.05. The number of hydrogen-bond acceptors (Lipinski definition) is 7.